The Morgan fingerprint density at radius 1 is 0.880 bits per heavy atom. The van der Waals surface area contributed by atoms with E-state index in [1.807, 2.05) is 14.1 Å². The summed E-state index contributed by atoms with van der Waals surface area (Å²) in [5.74, 6) is -0.190. The third-order valence-corrected chi connectivity index (χ3v) is 5.16. The number of ether oxygens (including phenoxy) is 1. The minimum absolute atomic E-state index is 0.190. The molecule has 0 bridgehead atoms. The van der Waals surface area contributed by atoms with Crippen LogP contribution in [0.1, 0.15) is 91.4 Å². The summed E-state index contributed by atoms with van der Waals surface area (Å²) in [4.78, 5) is 16.1. The molecule has 0 rings (SSSR count). The lowest BCUT2D eigenvalue weighted by molar-refractivity contribution is -0.196. The second-order valence-corrected chi connectivity index (χ2v) is 7.83. The first kappa shape index (κ1) is 24.4. The van der Waals surface area contributed by atoms with E-state index in [2.05, 4.69) is 37.7 Å². The number of hydrogen-bond acceptors (Lipinski definition) is 4. The number of esters is 1. The predicted molar refractivity (Wildman–Crippen MR) is 108 cm³/mol. The zero-order valence-corrected chi connectivity index (χ0v) is 18.1. The maximum absolute atomic E-state index is 11.8. The fourth-order valence-corrected chi connectivity index (χ4v) is 3.86. The molecule has 25 heavy (non-hydrogen) atoms. The van der Waals surface area contributed by atoms with E-state index in [9.17, 15) is 4.79 Å². The largest absolute Gasteiger partial charge is 0.442 e. The smallest absolute Gasteiger partial charge is 0.304 e. The van der Waals surface area contributed by atoms with E-state index in [-0.39, 0.29) is 12.0 Å². The molecule has 0 aliphatic heterocycles. The molecule has 0 aromatic carbocycles. The number of likely N-dealkylation sites (N-methyl/N-ethyl adjacent to an activating group) is 2. The van der Waals surface area contributed by atoms with Gasteiger partial charge in [0.15, 0.2) is 5.72 Å². The van der Waals surface area contributed by atoms with Crippen LogP contribution in [-0.4, -0.2) is 55.7 Å². The lowest BCUT2D eigenvalue weighted by Crippen LogP contribution is -2.61. The topological polar surface area (TPSA) is 32.8 Å². The summed E-state index contributed by atoms with van der Waals surface area (Å²) in [5.41, 5.74) is -0.536. The van der Waals surface area contributed by atoms with Gasteiger partial charge >= 0.3 is 5.97 Å². The molecule has 0 amide bonds. The van der Waals surface area contributed by atoms with Crippen LogP contribution in [0.4, 0.5) is 0 Å². The van der Waals surface area contributed by atoms with E-state index in [0.29, 0.717) is 0 Å². The molecule has 2 unspecified atom stereocenters. The number of rotatable bonds is 15. The van der Waals surface area contributed by atoms with Gasteiger partial charge in [-0.3, -0.25) is 9.69 Å². The Morgan fingerprint density at radius 2 is 1.40 bits per heavy atom. The molecule has 0 heterocycles. The quantitative estimate of drug-likeness (QED) is 0.233. The van der Waals surface area contributed by atoms with Crippen LogP contribution in [0.3, 0.4) is 0 Å². The van der Waals surface area contributed by atoms with Crippen molar-refractivity contribution < 1.29 is 9.53 Å². The molecular weight excluding hydrogens is 312 g/mol. The normalized spacial score (nSPS) is 15.4. The van der Waals surface area contributed by atoms with Crippen molar-refractivity contribution in [3.63, 3.8) is 0 Å². The zero-order chi connectivity index (χ0) is 19.3. The van der Waals surface area contributed by atoms with E-state index in [4.69, 9.17) is 4.74 Å². The number of carbonyl (C=O) groups excluding carboxylic acids is 1. The third kappa shape index (κ3) is 9.05. The van der Waals surface area contributed by atoms with Gasteiger partial charge in [0, 0.05) is 13.3 Å². The molecule has 0 fully saturated rings. The van der Waals surface area contributed by atoms with Crippen molar-refractivity contribution >= 4 is 5.97 Å². The van der Waals surface area contributed by atoms with E-state index in [1.165, 1.54) is 58.3 Å². The van der Waals surface area contributed by atoms with Crippen molar-refractivity contribution in [3.8, 4) is 0 Å². The van der Waals surface area contributed by atoms with Crippen molar-refractivity contribution in [2.24, 2.45) is 0 Å². The minimum Gasteiger partial charge on any atom is -0.442 e. The van der Waals surface area contributed by atoms with Crippen LogP contribution in [0.25, 0.3) is 0 Å². The van der Waals surface area contributed by atoms with Gasteiger partial charge in [-0.2, -0.15) is 0 Å². The van der Waals surface area contributed by atoms with E-state index in [1.54, 1.807) is 0 Å². The lowest BCUT2D eigenvalue weighted by atomic mass is 9.91. The highest BCUT2D eigenvalue weighted by Gasteiger charge is 2.44. The molecule has 0 saturated carbocycles. The zero-order valence-electron chi connectivity index (χ0n) is 18.1. The van der Waals surface area contributed by atoms with Gasteiger partial charge in [-0.05, 0) is 34.6 Å². The number of hydrogen-bond donors (Lipinski definition) is 0. The maximum atomic E-state index is 11.8. The maximum Gasteiger partial charge on any atom is 0.304 e. The number of nitrogens with zero attached hydrogens (tertiary/aromatic N) is 2. The molecule has 4 nitrogen and oxygen atoms in total. The summed E-state index contributed by atoms with van der Waals surface area (Å²) in [6.07, 6.45) is 13.5. The Labute approximate surface area is 157 Å². The first-order valence-electron chi connectivity index (χ1n) is 10.3. The monoisotopic (exact) mass is 356 g/mol. The van der Waals surface area contributed by atoms with Gasteiger partial charge in [0.25, 0.3) is 0 Å². The lowest BCUT2D eigenvalue weighted by Gasteiger charge is -2.47. The fourth-order valence-electron chi connectivity index (χ4n) is 3.86. The molecule has 0 aliphatic rings. The molecule has 0 N–H and O–H groups in total. The molecule has 0 spiro atoms. The summed E-state index contributed by atoms with van der Waals surface area (Å²) in [6.45, 7) is 5.94. The van der Waals surface area contributed by atoms with Crippen molar-refractivity contribution in [3.05, 3.63) is 0 Å². The van der Waals surface area contributed by atoms with Gasteiger partial charge in [-0.15, -0.1) is 0 Å². The molecule has 0 radical (unpaired) electrons. The standard InChI is InChI=1S/C21H44N2O2/c1-8-10-11-12-13-14-15-16-17-20(22(4)5)21(18-9-2,23(6)7)25-19(3)24/h20H,8-18H2,1-7H3. The highest BCUT2D eigenvalue weighted by molar-refractivity contribution is 5.66. The highest BCUT2D eigenvalue weighted by Crippen LogP contribution is 2.31. The minimum atomic E-state index is -0.536. The van der Waals surface area contributed by atoms with Crippen LogP contribution in [0.2, 0.25) is 0 Å². The molecule has 0 aliphatic carbocycles. The average Bonchev–Trinajstić information content (AvgIpc) is 2.52. The van der Waals surface area contributed by atoms with Crippen LogP contribution in [0.5, 0.6) is 0 Å². The van der Waals surface area contributed by atoms with Gasteiger partial charge < -0.3 is 9.64 Å². The van der Waals surface area contributed by atoms with Crippen molar-refractivity contribution in [1.29, 1.82) is 0 Å². The fraction of sp³-hybridized carbons (Fsp3) is 0.952. The molecule has 0 saturated heterocycles. The summed E-state index contributed by atoms with van der Waals surface area (Å²) in [6, 6.07) is 0.214. The van der Waals surface area contributed by atoms with Gasteiger partial charge in [0.05, 0.1) is 6.04 Å². The molecule has 0 aromatic heterocycles. The Balaban J connectivity index is 4.71. The molecule has 150 valence electrons. The van der Waals surface area contributed by atoms with Gasteiger partial charge in [-0.1, -0.05) is 71.6 Å². The second-order valence-electron chi connectivity index (χ2n) is 7.83. The Morgan fingerprint density at radius 3 is 1.80 bits per heavy atom. The van der Waals surface area contributed by atoms with Gasteiger partial charge in [0.1, 0.15) is 0 Å². The van der Waals surface area contributed by atoms with E-state index < -0.39 is 5.72 Å². The SMILES string of the molecule is CCCCCCCCCCC(N(C)C)C(CCC)(OC(C)=O)N(C)C. The van der Waals surface area contributed by atoms with Crippen LogP contribution >= 0.6 is 0 Å². The number of unbranched alkanes of at least 4 members (excludes halogenated alkanes) is 7. The van der Waals surface area contributed by atoms with E-state index in [0.717, 1.165) is 19.3 Å². The van der Waals surface area contributed by atoms with Gasteiger partial charge in [-0.25, -0.2) is 0 Å². The summed E-state index contributed by atoms with van der Waals surface area (Å²) in [7, 11) is 8.27. The summed E-state index contributed by atoms with van der Waals surface area (Å²) < 4.78 is 5.93. The van der Waals surface area contributed by atoms with Crippen LogP contribution in [0.15, 0.2) is 0 Å². The predicted octanol–water partition coefficient (Wildman–Crippen LogP) is 5.07. The Kier molecular flexibility index (Phi) is 13.2. The molecular formula is C21H44N2O2. The Hall–Kier alpha value is -0.610. The van der Waals surface area contributed by atoms with Crippen LogP contribution in [-0.2, 0) is 9.53 Å². The average molecular weight is 357 g/mol. The van der Waals surface area contributed by atoms with Crippen molar-refractivity contribution in [2.75, 3.05) is 28.2 Å². The first-order valence-corrected chi connectivity index (χ1v) is 10.3. The van der Waals surface area contributed by atoms with Crippen molar-refractivity contribution in [1.82, 2.24) is 9.80 Å². The second kappa shape index (κ2) is 13.6. The molecule has 0 aromatic rings. The Bertz CT molecular complexity index is 345. The summed E-state index contributed by atoms with van der Waals surface area (Å²) in [5, 5.41) is 0. The molecule has 4 heteroatoms. The van der Waals surface area contributed by atoms with E-state index >= 15 is 0 Å². The third-order valence-electron chi connectivity index (χ3n) is 5.16. The van der Waals surface area contributed by atoms with Crippen LogP contribution < -0.4 is 0 Å². The highest BCUT2D eigenvalue weighted by atomic mass is 16.6. The van der Waals surface area contributed by atoms with Crippen LogP contribution in [0, 0.1) is 0 Å². The number of carbonyl (C=O) groups is 1. The molecule has 2 atom stereocenters. The first-order chi connectivity index (χ1) is 11.8. The van der Waals surface area contributed by atoms with Crippen molar-refractivity contribution in [2.45, 2.75) is 103 Å². The summed E-state index contributed by atoms with van der Waals surface area (Å²) >= 11 is 0. The van der Waals surface area contributed by atoms with Gasteiger partial charge in [0.2, 0.25) is 0 Å².